The van der Waals surface area contributed by atoms with Gasteiger partial charge in [0.05, 0.1) is 0 Å². The molecule has 0 bridgehead atoms. The third kappa shape index (κ3) is 33.5. The van der Waals surface area contributed by atoms with Crippen molar-refractivity contribution in [1.29, 1.82) is 0 Å². The fourth-order valence-corrected chi connectivity index (χ4v) is 1.41. The molecule has 0 N–H and O–H groups in total. The number of Topliss-reactive ketones (excluding diaryl/α,β-unsaturated/α-hetero) is 2. The Kier molecular flexibility index (Phi) is 24.1. The average Bonchev–Trinajstić information content (AvgIpc) is 2.39. The molecule has 0 saturated heterocycles. The summed E-state index contributed by atoms with van der Waals surface area (Å²) >= 11 is 2.20. The second-order valence-corrected chi connectivity index (χ2v) is 4.88. The van der Waals surface area contributed by atoms with E-state index in [4.69, 9.17) is 0 Å². The van der Waals surface area contributed by atoms with Crippen LogP contribution in [0.1, 0.15) is 65.7 Å². The van der Waals surface area contributed by atoms with E-state index in [1.54, 1.807) is 0 Å². The first-order valence-corrected chi connectivity index (χ1v) is 7.96. The molecule has 0 aliphatic rings. The maximum atomic E-state index is 10.4. The third-order valence-electron chi connectivity index (χ3n) is 2.06. The van der Waals surface area contributed by atoms with Crippen molar-refractivity contribution in [2.75, 3.05) is 6.61 Å². The number of aliphatic carboxylic acids is 2. The van der Waals surface area contributed by atoms with E-state index in [2.05, 4.69) is 27.3 Å². The summed E-state index contributed by atoms with van der Waals surface area (Å²) in [5, 5.41) is 19.5. The Morgan fingerprint density at radius 2 is 1.13 bits per heavy atom. The van der Waals surface area contributed by atoms with E-state index >= 15 is 0 Å². The van der Waals surface area contributed by atoms with Crippen LogP contribution in [0.15, 0.2) is 0 Å². The molecule has 130 valence electrons. The number of hydrogen-bond acceptors (Lipinski definition) is 7. The van der Waals surface area contributed by atoms with Crippen molar-refractivity contribution >= 4 is 40.1 Å². The first-order valence-electron chi connectivity index (χ1n) is 7.49. The molecule has 0 aliphatic heterocycles. The predicted octanol–water partition coefficient (Wildman–Crippen LogP) is -0.512. The number of ketones is 2. The quantitative estimate of drug-likeness (QED) is 0.386. The normalized spacial score (nSPS) is 8.91. The van der Waals surface area contributed by atoms with Gasteiger partial charge in [0.1, 0.15) is 11.6 Å². The molecular weight excluding hydrogens is 319 g/mol. The molecule has 8 heteroatoms. The Morgan fingerprint density at radius 3 is 1.26 bits per heavy atom. The molecule has 0 aromatic rings. The van der Waals surface area contributed by atoms with Crippen LogP contribution in [0.5, 0.6) is 0 Å². The van der Waals surface area contributed by atoms with E-state index in [9.17, 15) is 29.4 Å². The molecule has 23 heavy (non-hydrogen) atoms. The maximum absolute atomic E-state index is 10.4. The Hall–Kier alpha value is -1.23. The van der Waals surface area contributed by atoms with E-state index in [1.165, 1.54) is 0 Å². The summed E-state index contributed by atoms with van der Waals surface area (Å²) in [4.78, 5) is 40.4. The number of carbonyl (C=O) groups is 4. The Bertz CT molecular complexity index is 311. The summed E-state index contributed by atoms with van der Waals surface area (Å²) in [7, 11) is 0. The molecule has 0 unspecified atom stereocenters. The summed E-state index contributed by atoms with van der Waals surface area (Å²) in [6.45, 7) is 6.58. The van der Waals surface area contributed by atoms with Crippen molar-refractivity contribution in [3.05, 3.63) is 0 Å². The molecule has 0 atom stereocenters. The molecule has 0 fully saturated rings. The van der Waals surface area contributed by atoms with E-state index in [-0.39, 0.29) is 11.6 Å². The minimum absolute atomic E-state index is 0.252. The van der Waals surface area contributed by atoms with Gasteiger partial charge in [-0.2, -0.15) is 0 Å². The minimum atomic E-state index is -1.28. The number of carbonyl (C=O) groups excluding carboxylic acids is 4. The molecule has 0 saturated carbocycles. The topological polar surface area (TPSA) is 124 Å². The second kappa shape index (κ2) is 20.8. The van der Waals surface area contributed by atoms with Crippen LogP contribution in [0, 0.1) is 0 Å². The number of carboxylic acids is 2. The fourth-order valence-electron chi connectivity index (χ4n) is 1.17. The van der Waals surface area contributed by atoms with Crippen LogP contribution in [-0.2, 0) is 23.0 Å². The molecule has 0 radical (unpaired) electrons. The van der Waals surface area contributed by atoms with Crippen LogP contribution >= 0.6 is 0 Å². The monoisotopic (exact) mass is 344 g/mol. The van der Waals surface area contributed by atoms with Gasteiger partial charge in [-0.1, -0.05) is 13.8 Å². The van der Waals surface area contributed by atoms with Crippen molar-refractivity contribution < 1.29 is 33.2 Å². The van der Waals surface area contributed by atoms with Gasteiger partial charge in [-0.15, -0.1) is 0 Å². The number of rotatable bonds is 10. The third-order valence-corrected chi connectivity index (χ3v) is 2.30. The zero-order valence-electron chi connectivity index (χ0n) is 14.1. The van der Waals surface area contributed by atoms with Gasteiger partial charge in [0.15, 0.2) is 0 Å². The second-order valence-electron chi connectivity index (χ2n) is 4.55. The van der Waals surface area contributed by atoms with Crippen molar-refractivity contribution in [1.82, 2.24) is 0 Å². The van der Waals surface area contributed by atoms with Gasteiger partial charge >= 0.3 is 40.4 Å². The van der Waals surface area contributed by atoms with Crippen LogP contribution < -0.4 is 10.2 Å². The van der Waals surface area contributed by atoms with Crippen LogP contribution in [0.4, 0.5) is 0 Å². The summed E-state index contributed by atoms with van der Waals surface area (Å²) in [5.74, 6) is -3.07. The molecule has 0 aliphatic carbocycles. The van der Waals surface area contributed by atoms with Crippen molar-refractivity contribution in [3.63, 3.8) is 0 Å². The van der Waals surface area contributed by atoms with Crippen molar-refractivity contribution in [2.24, 2.45) is 0 Å². The molecule has 0 spiro atoms. The van der Waals surface area contributed by atoms with Gasteiger partial charge in [0.2, 0.25) is 0 Å². The molecular formula is C15H25AlO7. The Labute approximate surface area is 146 Å². The standard InChI is InChI=1S/2C6H10O3.C3H7O.Al/c2*1-2-3-5(7)4-6(8)9;1-2-3-4;/h2*2-4H2,1H3,(H,8,9);2-3H2,1H3;/q;;-1;+3/p-2. The van der Waals surface area contributed by atoms with Crippen LogP contribution in [-0.4, -0.2) is 46.7 Å². The van der Waals surface area contributed by atoms with Gasteiger partial charge in [0.25, 0.3) is 0 Å². The fraction of sp³-hybridized carbons (Fsp3) is 0.733. The van der Waals surface area contributed by atoms with E-state index in [0.717, 1.165) is 13.0 Å². The number of carboxylic acid groups (broad SMARTS) is 2. The van der Waals surface area contributed by atoms with Crippen LogP contribution in [0.3, 0.4) is 0 Å². The molecule has 0 amide bonds. The molecule has 0 rings (SSSR count). The average molecular weight is 344 g/mol. The van der Waals surface area contributed by atoms with Crippen molar-refractivity contribution in [3.8, 4) is 0 Å². The summed E-state index contributed by atoms with van der Waals surface area (Å²) in [5.41, 5.74) is 0. The number of hydrogen-bond donors (Lipinski definition) is 0. The van der Waals surface area contributed by atoms with E-state index in [0.29, 0.717) is 25.7 Å². The molecule has 7 nitrogen and oxygen atoms in total. The summed E-state index contributed by atoms with van der Waals surface area (Å²) in [6.07, 6.45) is 2.31. The van der Waals surface area contributed by atoms with E-state index < -0.39 is 24.8 Å². The Balaban J connectivity index is -0.000000273. The van der Waals surface area contributed by atoms with Crippen molar-refractivity contribution in [2.45, 2.75) is 65.7 Å². The molecule has 0 aromatic carbocycles. The molecule has 0 heterocycles. The van der Waals surface area contributed by atoms with Gasteiger partial charge in [-0.3, -0.25) is 9.59 Å². The predicted molar refractivity (Wildman–Crippen MR) is 81.1 cm³/mol. The van der Waals surface area contributed by atoms with Gasteiger partial charge in [-0.05, 0) is 12.8 Å². The van der Waals surface area contributed by atoms with Gasteiger partial charge < -0.3 is 19.8 Å². The SMILES string of the molecule is CCCC(=O)CC(=O)[O-].CCCC(=O)CC(=O)[O-].CCC[O][Al+2]. The first-order chi connectivity index (χ1) is 10.7. The van der Waals surface area contributed by atoms with Gasteiger partial charge in [-0.25, -0.2) is 0 Å². The molecule has 0 aromatic heterocycles. The zero-order valence-corrected chi connectivity index (χ0v) is 15.2. The van der Waals surface area contributed by atoms with Crippen LogP contribution in [0.2, 0.25) is 0 Å². The van der Waals surface area contributed by atoms with Crippen LogP contribution in [0.25, 0.3) is 0 Å². The van der Waals surface area contributed by atoms with E-state index in [1.807, 2.05) is 13.8 Å². The van der Waals surface area contributed by atoms with Gasteiger partial charge in [0, 0.05) is 37.6 Å². The Morgan fingerprint density at radius 1 is 0.783 bits per heavy atom. The first kappa shape index (κ1) is 26.7. The zero-order chi connectivity index (χ0) is 18.7. The summed E-state index contributed by atoms with van der Waals surface area (Å²) < 4.78 is 4.61. The summed E-state index contributed by atoms with van der Waals surface area (Å²) in [6, 6.07) is 0.